The van der Waals surface area contributed by atoms with E-state index >= 15 is 0 Å². The molecule has 4 aliphatic rings. The molecule has 2 aliphatic carbocycles. The van der Waals surface area contributed by atoms with E-state index in [1.807, 2.05) is 0 Å². The third-order valence-electron chi connectivity index (χ3n) is 7.91. The molecule has 2 spiro atoms. The van der Waals surface area contributed by atoms with E-state index < -0.39 is 0 Å². The zero-order valence-electron chi connectivity index (χ0n) is 17.1. The summed E-state index contributed by atoms with van der Waals surface area (Å²) in [6.07, 6.45) is 11.5. The van der Waals surface area contributed by atoms with Gasteiger partial charge in [-0.1, -0.05) is 37.4 Å². The first-order valence-electron chi connectivity index (χ1n) is 11.3. The number of piperidine rings is 1. The number of furan rings is 1. The van der Waals surface area contributed by atoms with E-state index in [0.29, 0.717) is 5.41 Å². The first-order chi connectivity index (χ1) is 14.1. The highest BCUT2D eigenvalue weighted by atomic mass is 35.5. The van der Waals surface area contributed by atoms with Crippen molar-refractivity contribution < 1.29 is 4.42 Å². The van der Waals surface area contributed by atoms with E-state index in [1.165, 1.54) is 63.6 Å². The Balaban J connectivity index is 1.38. The van der Waals surface area contributed by atoms with Gasteiger partial charge in [0.05, 0.1) is 28.6 Å². The molecule has 5 heteroatoms. The maximum Gasteiger partial charge on any atom is 0.142 e. The number of benzene rings is 1. The lowest BCUT2D eigenvalue weighted by Crippen LogP contribution is -2.48. The highest BCUT2D eigenvalue weighted by Gasteiger charge is 2.45. The van der Waals surface area contributed by atoms with Gasteiger partial charge in [0.1, 0.15) is 11.3 Å². The van der Waals surface area contributed by atoms with Gasteiger partial charge >= 0.3 is 0 Å². The van der Waals surface area contributed by atoms with Crippen LogP contribution in [0.1, 0.15) is 69.1 Å². The minimum absolute atomic E-state index is 0.113. The average molecular weight is 412 g/mol. The van der Waals surface area contributed by atoms with Crippen LogP contribution in [0.25, 0.3) is 11.0 Å². The van der Waals surface area contributed by atoms with Crippen LogP contribution in [0.2, 0.25) is 5.02 Å². The summed E-state index contributed by atoms with van der Waals surface area (Å²) >= 11 is 6.74. The Bertz CT molecular complexity index is 974. The lowest BCUT2D eigenvalue weighted by Gasteiger charge is -2.44. The number of rotatable bonds is 2. The number of nitrogens with one attached hydrogen (secondary N) is 2. The number of likely N-dealkylation sites (tertiary alicyclic amines) is 1. The number of anilines is 1. The molecule has 0 bridgehead atoms. The lowest BCUT2D eigenvalue weighted by molar-refractivity contribution is 0.157. The van der Waals surface area contributed by atoms with Crippen LogP contribution in [0.3, 0.4) is 0 Å². The van der Waals surface area contributed by atoms with Crippen LogP contribution in [-0.4, -0.2) is 18.0 Å². The Morgan fingerprint density at radius 3 is 2.52 bits per heavy atom. The van der Waals surface area contributed by atoms with Crippen molar-refractivity contribution >= 4 is 28.3 Å². The van der Waals surface area contributed by atoms with Gasteiger partial charge in [-0.15, -0.1) is 0 Å². The third-order valence-corrected chi connectivity index (χ3v) is 8.21. The van der Waals surface area contributed by atoms with E-state index in [1.54, 1.807) is 0 Å². The van der Waals surface area contributed by atoms with Gasteiger partial charge in [0.15, 0.2) is 0 Å². The number of fused-ring (bicyclic) bond motifs is 4. The zero-order valence-corrected chi connectivity index (χ0v) is 17.8. The van der Waals surface area contributed by atoms with E-state index in [-0.39, 0.29) is 5.54 Å². The van der Waals surface area contributed by atoms with Crippen molar-refractivity contribution in [2.75, 3.05) is 18.4 Å². The van der Waals surface area contributed by atoms with E-state index in [4.69, 9.17) is 16.0 Å². The second kappa shape index (κ2) is 6.42. The molecule has 1 saturated heterocycles. The lowest BCUT2D eigenvalue weighted by atomic mass is 9.74. The van der Waals surface area contributed by atoms with Gasteiger partial charge in [-0.25, -0.2) is 0 Å². The van der Waals surface area contributed by atoms with Gasteiger partial charge in [-0.2, -0.15) is 0 Å². The monoisotopic (exact) mass is 411 g/mol. The number of hydrogen-bond acceptors (Lipinski definition) is 4. The molecule has 0 atom stereocenters. The van der Waals surface area contributed by atoms with Crippen molar-refractivity contribution in [3.05, 3.63) is 40.9 Å². The quantitative estimate of drug-likeness (QED) is 0.625. The molecule has 154 valence electrons. The smallest absolute Gasteiger partial charge is 0.142 e. The average Bonchev–Trinajstić information content (AvgIpc) is 3.35. The Labute approximate surface area is 177 Å². The molecule has 1 aromatic carbocycles. The van der Waals surface area contributed by atoms with E-state index in [0.717, 1.165) is 52.6 Å². The van der Waals surface area contributed by atoms with Crippen LogP contribution in [0, 0.1) is 5.41 Å². The normalized spacial score (nSPS) is 25.1. The van der Waals surface area contributed by atoms with Gasteiger partial charge in [-0.05, 0) is 69.2 Å². The second-order valence-corrected chi connectivity index (χ2v) is 10.3. The molecular formula is C24H30ClN3O. The van der Waals surface area contributed by atoms with Gasteiger partial charge in [0.25, 0.3) is 0 Å². The zero-order chi connectivity index (χ0) is 19.6. The van der Waals surface area contributed by atoms with Gasteiger partial charge in [-0.3, -0.25) is 4.90 Å². The topological polar surface area (TPSA) is 40.4 Å². The molecule has 0 radical (unpaired) electrons. The number of nitrogens with zero attached hydrogens (tertiary/aromatic N) is 1. The Kier molecular flexibility index (Phi) is 4.02. The van der Waals surface area contributed by atoms with E-state index in [2.05, 4.69) is 34.2 Å². The molecule has 4 nitrogen and oxygen atoms in total. The fourth-order valence-electron chi connectivity index (χ4n) is 6.01. The molecule has 2 aromatic rings. The van der Waals surface area contributed by atoms with Crippen molar-refractivity contribution in [3.63, 3.8) is 0 Å². The minimum atomic E-state index is -0.113. The molecule has 2 aliphatic heterocycles. The van der Waals surface area contributed by atoms with Crippen LogP contribution in [0.5, 0.6) is 0 Å². The van der Waals surface area contributed by atoms with Crippen molar-refractivity contribution in [1.82, 2.24) is 10.2 Å². The summed E-state index contributed by atoms with van der Waals surface area (Å²) in [5.74, 6) is 1.90. The second-order valence-electron chi connectivity index (χ2n) is 9.89. The van der Waals surface area contributed by atoms with Gasteiger partial charge in [0.2, 0.25) is 0 Å². The largest absolute Gasteiger partial charge is 0.459 e. The summed E-state index contributed by atoms with van der Waals surface area (Å²) in [6.45, 7) is 7.46. The number of halogens is 1. The molecular weight excluding hydrogens is 382 g/mol. The summed E-state index contributed by atoms with van der Waals surface area (Å²) < 4.78 is 6.54. The molecule has 0 unspecified atom stereocenters. The third kappa shape index (κ3) is 2.98. The van der Waals surface area contributed by atoms with Crippen LogP contribution >= 0.6 is 11.6 Å². The Morgan fingerprint density at radius 2 is 1.79 bits per heavy atom. The van der Waals surface area contributed by atoms with Crippen LogP contribution in [0.15, 0.2) is 28.9 Å². The van der Waals surface area contributed by atoms with Crippen molar-refractivity contribution in [2.24, 2.45) is 5.41 Å². The maximum atomic E-state index is 6.74. The van der Waals surface area contributed by atoms with Crippen molar-refractivity contribution in [2.45, 2.75) is 69.9 Å². The fraction of sp³-hybridized carbons (Fsp3) is 0.583. The van der Waals surface area contributed by atoms with Crippen LogP contribution in [0.4, 0.5) is 5.69 Å². The summed E-state index contributed by atoms with van der Waals surface area (Å²) in [5, 5.41) is 8.96. The number of hydrogen-bond donors (Lipinski definition) is 2. The highest BCUT2D eigenvalue weighted by molar-refractivity contribution is 6.34. The van der Waals surface area contributed by atoms with Crippen molar-refractivity contribution in [1.29, 1.82) is 0 Å². The van der Waals surface area contributed by atoms with Gasteiger partial charge in [0, 0.05) is 10.9 Å². The maximum absolute atomic E-state index is 6.74. The molecule has 2 saturated carbocycles. The Morgan fingerprint density at radius 1 is 1.03 bits per heavy atom. The fourth-order valence-corrected chi connectivity index (χ4v) is 6.27. The predicted octanol–water partition coefficient (Wildman–Crippen LogP) is 6.11. The highest BCUT2D eigenvalue weighted by Crippen LogP contribution is 2.54. The molecule has 29 heavy (non-hydrogen) atoms. The Hall–Kier alpha value is -1.65. The molecule has 3 heterocycles. The van der Waals surface area contributed by atoms with Crippen molar-refractivity contribution in [3.8, 4) is 0 Å². The summed E-state index contributed by atoms with van der Waals surface area (Å²) in [7, 11) is 0. The minimum Gasteiger partial charge on any atom is -0.459 e. The molecule has 1 aromatic heterocycles. The summed E-state index contributed by atoms with van der Waals surface area (Å²) in [6, 6.07) is 4.27. The summed E-state index contributed by atoms with van der Waals surface area (Å²) in [4.78, 5) is 2.56. The van der Waals surface area contributed by atoms with Crippen LogP contribution < -0.4 is 10.6 Å². The summed E-state index contributed by atoms with van der Waals surface area (Å²) in [5.41, 5.74) is 3.81. The molecule has 2 N–H and O–H groups in total. The SMILES string of the molecule is C=C1Nc2c(Cl)cc3cc(CN4CCC5(CC4)CC5)oc3c2C2(CCCCC2)N1. The standard InChI is InChI=1S/C24H30ClN3O/c1-16-26-21-19(25)14-17-13-18(15-28-11-9-23(7-8-23)10-12-28)29-22(17)20(21)24(27-16)5-3-2-4-6-24/h13-14,26-27H,1-12,15H2. The molecule has 0 amide bonds. The van der Waals surface area contributed by atoms with Gasteiger partial charge < -0.3 is 15.1 Å². The first-order valence-corrected chi connectivity index (χ1v) is 11.7. The first kappa shape index (κ1) is 18.1. The van der Waals surface area contributed by atoms with Crippen LogP contribution in [-0.2, 0) is 12.1 Å². The van der Waals surface area contributed by atoms with E-state index in [9.17, 15) is 0 Å². The molecule has 6 rings (SSSR count). The predicted molar refractivity (Wildman–Crippen MR) is 118 cm³/mol. The molecule has 3 fully saturated rings.